The van der Waals surface area contributed by atoms with Gasteiger partial charge in [0.1, 0.15) is 220 Å². The van der Waals surface area contributed by atoms with Crippen LogP contribution in [0.5, 0.6) is 0 Å². The van der Waals surface area contributed by atoms with Crippen molar-refractivity contribution in [2.24, 2.45) is 0 Å². The molecule has 0 aromatic heterocycles. The van der Waals surface area contributed by atoms with Gasteiger partial charge in [-0.25, -0.2) is 0 Å². The van der Waals surface area contributed by atoms with E-state index in [9.17, 15) is 0 Å². The van der Waals surface area contributed by atoms with Gasteiger partial charge < -0.3 is 29.4 Å². The average molecular weight is 1440 g/mol. The summed E-state index contributed by atoms with van der Waals surface area (Å²) in [6, 6.07) is 40.6. The lowest BCUT2D eigenvalue weighted by molar-refractivity contribution is 0.340. The van der Waals surface area contributed by atoms with Crippen LogP contribution in [-0.2, 0) is 0 Å². The van der Waals surface area contributed by atoms with Crippen molar-refractivity contribution in [1.29, 1.82) is 0 Å². The van der Waals surface area contributed by atoms with Gasteiger partial charge in [-0.05, 0) is 102 Å². The summed E-state index contributed by atoms with van der Waals surface area (Å²) < 4.78 is 0. The maximum Gasteiger partial charge on any atom is 0.251 e. The second-order valence-electron chi connectivity index (χ2n) is 36.4. The van der Waals surface area contributed by atoms with Crippen molar-refractivity contribution in [2.45, 2.75) is 76.3 Å². The molecule has 11 aromatic carbocycles. The van der Waals surface area contributed by atoms with Crippen LogP contribution in [0.3, 0.4) is 0 Å². The third-order valence-electron chi connectivity index (χ3n) is 31.7. The quantitative estimate of drug-likeness (QED) is 0.126. The summed E-state index contributed by atoms with van der Waals surface area (Å²) in [6.07, 6.45) is 12.7. The first kappa shape index (κ1) is 78.7. The van der Waals surface area contributed by atoms with E-state index < -0.39 is 0 Å². The van der Waals surface area contributed by atoms with Gasteiger partial charge in [0.05, 0.1) is 5.69 Å². The number of anilines is 16. The van der Waals surface area contributed by atoms with Gasteiger partial charge in [-0.15, -0.1) is 32.8 Å². The second kappa shape index (κ2) is 29.1. The van der Waals surface area contributed by atoms with Gasteiger partial charge in [0.25, 0.3) is 13.4 Å². The van der Waals surface area contributed by atoms with Crippen LogP contribution in [-0.4, -0.2) is 245 Å². The lowest BCUT2D eigenvalue weighted by atomic mass is 9.28. The normalized spacial score (nSPS) is 14.8. The number of fused-ring (bicyclic) bond motifs is 8. The van der Waals surface area contributed by atoms with Crippen molar-refractivity contribution < 1.29 is 0 Å². The molecule has 114 heavy (non-hydrogen) atoms. The number of benzene rings is 11. The third kappa shape index (κ3) is 11.4. The van der Waals surface area contributed by atoms with Gasteiger partial charge in [0.2, 0.25) is 0 Å². The molecule has 11 aromatic rings. The van der Waals surface area contributed by atoms with Crippen LogP contribution in [0.25, 0.3) is 0 Å². The third-order valence-corrected chi connectivity index (χ3v) is 31.7. The molecule has 6 aliphatic rings. The minimum atomic E-state index is -0.200. The van der Waals surface area contributed by atoms with Gasteiger partial charge in [0, 0.05) is 97.4 Å². The summed E-state index contributed by atoms with van der Waals surface area (Å²) in [4.78, 5) is 17.0. The molecule has 0 spiro atoms. The van der Waals surface area contributed by atoms with Crippen LogP contribution >= 0.6 is 0 Å². The van der Waals surface area contributed by atoms with Crippen molar-refractivity contribution in [3.63, 3.8) is 0 Å². The van der Waals surface area contributed by atoms with Crippen LogP contribution in [0.2, 0.25) is 0 Å². The van der Waals surface area contributed by atoms with Crippen molar-refractivity contribution >= 4 is 510 Å². The molecule has 0 saturated heterocycles. The first-order valence-corrected chi connectivity index (χ1v) is 43.2. The molecule has 526 valence electrons. The van der Waals surface area contributed by atoms with Crippen molar-refractivity contribution in [3.05, 3.63) is 97.1 Å². The van der Waals surface area contributed by atoms with Crippen molar-refractivity contribution in [1.82, 2.24) is 0 Å². The summed E-state index contributed by atoms with van der Waals surface area (Å²) >= 11 is 0. The molecule has 0 atom stereocenters. The van der Waals surface area contributed by atoms with E-state index >= 15 is 0 Å². The molecule has 0 unspecified atom stereocenters. The van der Waals surface area contributed by atoms with E-state index in [4.69, 9.17) is 0 Å². The van der Waals surface area contributed by atoms with Gasteiger partial charge in [-0.2, -0.15) is 0 Å². The van der Waals surface area contributed by atoms with E-state index in [1.807, 2.05) is 0 Å². The van der Waals surface area contributed by atoms with Crippen molar-refractivity contribution in [3.8, 4) is 0 Å². The molecule has 0 bridgehead atoms. The van der Waals surface area contributed by atoms with Gasteiger partial charge in [-0.3, -0.25) is 0 Å². The van der Waals surface area contributed by atoms with Gasteiger partial charge >= 0.3 is 0 Å². The van der Waals surface area contributed by atoms with E-state index in [0.29, 0.717) is 12.1 Å². The molecule has 2 fully saturated rings. The summed E-state index contributed by atoms with van der Waals surface area (Å²) in [5.74, 6) is 0. The Morgan fingerprint density at radius 1 is 0.237 bits per heavy atom. The second-order valence-corrected chi connectivity index (χ2v) is 36.4. The van der Waals surface area contributed by atoms with E-state index in [1.165, 1.54) is 330 Å². The van der Waals surface area contributed by atoms with Gasteiger partial charge in [-0.1, -0.05) is 212 Å². The lowest BCUT2D eigenvalue weighted by Crippen LogP contribution is -2.73. The predicted octanol–water partition coefficient (Wildman–Crippen LogP) is -32.0. The fourth-order valence-electron chi connectivity index (χ4n) is 22.9. The van der Waals surface area contributed by atoms with Crippen LogP contribution in [0.4, 0.5) is 91.0 Å². The monoisotopic (exact) mass is 1450 g/mol. The van der Waals surface area contributed by atoms with Crippen LogP contribution < -0.4 is 215 Å². The molecule has 4 heterocycles. The zero-order valence-electron chi connectivity index (χ0n) is 74.3. The highest BCUT2D eigenvalue weighted by atomic mass is 15.2. The highest BCUT2D eigenvalue weighted by molar-refractivity contribution is 7.06. The molecule has 36 heteroatoms. The topological polar surface area (TPSA) is 19.4 Å². The zero-order valence-corrected chi connectivity index (χ0v) is 74.3. The van der Waals surface area contributed by atoms with E-state index in [-0.39, 0.29) is 13.4 Å². The Kier molecular flexibility index (Phi) is 20.1. The molecule has 4 aliphatic heterocycles. The average Bonchev–Trinajstić information content (AvgIpc) is 0.675. The number of para-hydroxylation sites is 2. The highest BCUT2D eigenvalue weighted by Crippen LogP contribution is 2.51. The first-order chi connectivity index (χ1) is 54.3. The number of hydrogen-bond acceptors (Lipinski definition) is 6. The zero-order chi connectivity index (χ0) is 81.0. The summed E-state index contributed by atoms with van der Waals surface area (Å²) in [5.41, 5.74) is 66.4. The Morgan fingerprint density at radius 2 is 0.500 bits per heavy atom. The molecule has 6 nitrogen and oxygen atoms in total. The lowest BCUT2D eigenvalue weighted by Gasteiger charge is -2.50. The molecular formula is C78H94B30N6. The smallest absolute Gasteiger partial charge is 0.251 e. The predicted molar refractivity (Wildman–Crippen MR) is 594 cm³/mol. The minimum absolute atomic E-state index is 0.145. The molecular weight excluding hydrogens is 1350 g/mol. The Bertz CT molecular complexity index is 5830. The van der Waals surface area contributed by atoms with E-state index in [2.05, 4.69) is 346 Å². The fraction of sp³-hybridized carbons (Fsp3) is 0.154. The standard InChI is InChI=1S/C78H94B30N6/c79-41-47(85)59(97)73(60(98)48(41)86)112(74-61(99)49(87)42(80)50(88)62(74)100)32-23-38-70-40(24-32)114(76-65(103)53(91)44(82)54(92)66(76)104)78-68(106)56(94)46(84)58(96)72(78)108(70)34-25-33-35(26-36(34)111(38)30-19-11-4-12-20-30)110(29-17-9-3-10-18-29)37-21-31(109(27-13-5-1-6-14-27)28-15-7-2-8-16-28)22-39-69(37)107(33)71-57(95)45(83)55(93)67(105)77(71)113(39)75-63(101)51(89)43(81)52(90)64(75)102/h3-4,9-12,17-28H,1-2,5-8,13-16,79-106H2. The van der Waals surface area contributed by atoms with Crippen LogP contribution in [0.15, 0.2) is 97.1 Å². The van der Waals surface area contributed by atoms with Gasteiger partial charge in [0.15, 0.2) is 0 Å². The minimum Gasteiger partial charge on any atom is -0.365 e. The largest absolute Gasteiger partial charge is 0.365 e. The number of rotatable bonds is 10. The molecule has 0 radical (unpaired) electrons. The molecule has 0 N–H and O–H groups in total. The summed E-state index contributed by atoms with van der Waals surface area (Å²) in [7, 11) is 67.3. The molecule has 2 saturated carbocycles. The molecule has 0 amide bonds. The van der Waals surface area contributed by atoms with Crippen LogP contribution in [0, 0.1) is 0 Å². The fourth-order valence-corrected chi connectivity index (χ4v) is 22.9. The highest BCUT2D eigenvalue weighted by Gasteiger charge is 2.52. The Hall–Kier alpha value is -7.83. The first-order valence-electron chi connectivity index (χ1n) is 43.2. The Labute approximate surface area is 707 Å². The summed E-state index contributed by atoms with van der Waals surface area (Å²) in [5, 5.41) is 0. The van der Waals surface area contributed by atoms with E-state index in [0.717, 1.165) is 11.4 Å². The number of nitrogens with zero attached hydrogens (tertiary/aromatic N) is 6. The van der Waals surface area contributed by atoms with Crippen LogP contribution in [0.1, 0.15) is 64.2 Å². The van der Waals surface area contributed by atoms with Crippen molar-refractivity contribution in [2.75, 3.05) is 29.4 Å². The maximum absolute atomic E-state index is 3.05. The molecule has 17 rings (SSSR count). The summed E-state index contributed by atoms with van der Waals surface area (Å²) in [6.45, 7) is -0.345. The SMILES string of the molecule is Bc1c(B)c(B)c(N(c2cc3c4c(c2)N(c2c(B)c(B)c(B)c(B)c2B)c2c(B)c(B)c(B)c(B)c2B4c2cc4c(cc2N3c2ccccc2)N(c2ccccc2)c2cc(N(C3CCCCC3)C3CCCCC3)cc3c2B4c2c(B)c(B)c(B)c(B)c2N3c2c(B)c(B)c(B)c(B)c2B)c2c(B)c(B)c(B)c(B)c2B)c(B)c1B. The number of hydrogen-bond donors (Lipinski definition) is 0. The molecule has 2 aliphatic carbocycles. The Morgan fingerprint density at radius 3 is 0.816 bits per heavy atom. The van der Waals surface area contributed by atoms with E-state index in [1.54, 1.807) is 0 Å². The maximum atomic E-state index is 3.05. The Balaban J connectivity index is 1.08.